The third kappa shape index (κ3) is 3.39. The molecular weight excluding hydrogens is 314 g/mol. The minimum absolute atomic E-state index is 0.184. The minimum Gasteiger partial charge on any atom is -0.347 e. The molecule has 0 radical (unpaired) electrons. The van der Waals surface area contributed by atoms with E-state index in [2.05, 4.69) is 43.9 Å². The van der Waals surface area contributed by atoms with Gasteiger partial charge in [0, 0.05) is 6.20 Å². The summed E-state index contributed by atoms with van der Waals surface area (Å²) in [5.41, 5.74) is 1.42. The van der Waals surface area contributed by atoms with Gasteiger partial charge in [-0.1, -0.05) is 18.3 Å². The fraction of sp³-hybridized carbons (Fsp3) is 0.286. The summed E-state index contributed by atoms with van der Waals surface area (Å²) in [4.78, 5) is 17.4. The Labute approximate surface area is 136 Å². The summed E-state index contributed by atoms with van der Waals surface area (Å²) in [5, 5.41) is 14.4. The predicted molar refractivity (Wildman–Crippen MR) is 84.3 cm³/mol. The van der Waals surface area contributed by atoms with E-state index in [1.54, 1.807) is 29.4 Å². The van der Waals surface area contributed by atoms with Gasteiger partial charge in [0.15, 0.2) is 0 Å². The van der Waals surface area contributed by atoms with Crippen molar-refractivity contribution in [3.8, 4) is 5.82 Å². The van der Waals surface area contributed by atoms with E-state index in [1.807, 2.05) is 0 Å². The molecule has 3 rings (SSSR count). The van der Waals surface area contributed by atoms with Crippen molar-refractivity contribution in [3.05, 3.63) is 47.1 Å². The number of hydrogen-bond acceptors (Lipinski definition) is 7. The SMILES string of the molecule is CC(C)c1nnsc1CNC(=O)c1ccc(-n2cnnc2)nc1. The summed E-state index contributed by atoms with van der Waals surface area (Å²) >= 11 is 1.31. The highest BCUT2D eigenvalue weighted by molar-refractivity contribution is 7.05. The van der Waals surface area contributed by atoms with Gasteiger partial charge >= 0.3 is 0 Å². The third-order valence-electron chi connectivity index (χ3n) is 3.23. The van der Waals surface area contributed by atoms with E-state index in [1.165, 1.54) is 17.7 Å². The zero-order valence-electron chi connectivity index (χ0n) is 12.7. The minimum atomic E-state index is -0.184. The van der Waals surface area contributed by atoms with Crippen molar-refractivity contribution in [1.82, 2.24) is 34.7 Å². The smallest absolute Gasteiger partial charge is 0.253 e. The van der Waals surface area contributed by atoms with E-state index >= 15 is 0 Å². The molecular formula is C14H15N7OS. The predicted octanol–water partition coefficient (Wildman–Crippen LogP) is 1.57. The van der Waals surface area contributed by atoms with Gasteiger partial charge in [0.2, 0.25) is 0 Å². The Morgan fingerprint density at radius 2 is 2.09 bits per heavy atom. The third-order valence-corrected chi connectivity index (χ3v) is 3.97. The van der Waals surface area contributed by atoms with Crippen LogP contribution in [0.3, 0.4) is 0 Å². The summed E-state index contributed by atoms with van der Waals surface area (Å²) in [6.07, 6.45) is 4.62. The lowest BCUT2D eigenvalue weighted by Gasteiger charge is -2.07. The second kappa shape index (κ2) is 6.61. The van der Waals surface area contributed by atoms with Crippen molar-refractivity contribution in [2.75, 3.05) is 0 Å². The molecule has 9 heteroatoms. The quantitative estimate of drug-likeness (QED) is 0.763. The Morgan fingerprint density at radius 1 is 1.30 bits per heavy atom. The maximum absolute atomic E-state index is 12.2. The standard InChI is InChI=1S/C14H15N7OS/c1-9(2)13-11(23-20-19-13)6-16-14(22)10-3-4-12(15-5-10)21-7-17-18-8-21/h3-5,7-9H,6H2,1-2H3,(H,16,22). The van der Waals surface area contributed by atoms with Crippen LogP contribution < -0.4 is 5.32 Å². The van der Waals surface area contributed by atoms with E-state index in [9.17, 15) is 4.79 Å². The molecule has 0 aliphatic heterocycles. The molecule has 0 atom stereocenters. The molecule has 3 aromatic rings. The lowest BCUT2D eigenvalue weighted by molar-refractivity contribution is 0.0951. The number of carbonyl (C=O) groups excluding carboxylic acids is 1. The summed E-state index contributed by atoms with van der Waals surface area (Å²) < 4.78 is 5.61. The average Bonchev–Trinajstić information content (AvgIpc) is 3.24. The first-order valence-electron chi connectivity index (χ1n) is 7.05. The van der Waals surface area contributed by atoms with E-state index in [0.29, 0.717) is 17.9 Å². The molecule has 0 aliphatic carbocycles. The van der Waals surface area contributed by atoms with E-state index < -0.39 is 0 Å². The van der Waals surface area contributed by atoms with E-state index in [0.717, 1.165) is 10.6 Å². The zero-order valence-corrected chi connectivity index (χ0v) is 13.5. The molecule has 0 unspecified atom stereocenters. The van der Waals surface area contributed by atoms with Crippen LogP contribution in [0.4, 0.5) is 0 Å². The molecule has 3 aromatic heterocycles. The van der Waals surface area contributed by atoms with Crippen LogP contribution in [0.2, 0.25) is 0 Å². The number of nitrogens with zero attached hydrogens (tertiary/aromatic N) is 6. The van der Waals surface area contributed by atoms with Gasteiger partial charge in [0.05, 0.1) is 22.7 Å². The zero-order chi connectivity index (χ0) is 16.2. The average molecular weight is 329 g/mol. The van der Waals surface area contributed by atoms with Gasteiger partial charge in [0.1, 0.15) is 18.5 Å². The molecule has 0 fully saturated rings. The number of pyridine rings is 1. The highest BCUT2D eigenvalue weighted by atomic mass is 32.1. The van der Waals surface area contributed by atoms with Gasteiger partial charge in [-0.3, -0.25) is 9.36 Å². The Hall–Kier alpha value is -2.68. The lowest BCUT2D eigenvalue weighted by atomic mass is 10.1. The van der Waals surface area contributed by atoms with E-state index in [4.69, 9.17) is 0 Å². The van der Waals surface area contributed by atoms with Crippen LogP contribution >= 0.6 is 11.5 Å². The van der Waals surface area contributed by atoms with Crippen molar-refractivity contribution in [1.29, 1.82) is 0 Å². The second-order valence-corrected chi connectivity index (χ2v) is 6.03. The molecule has 118 valence electrons. The first kappa shape index (κ1) is 15.2. The first-order chi connectivity index (χ1) is 11.1. The van der Waals surface area contributed by atoms with Crippen LogP contribution in [0.15, 0.2) is 31.0 Å². The monoisotopic (exact) mass is 329 g/mol. The number of hydrogen-bond donors (Lipinski definition) is 1. The molecule has 3 heterocycles. The topological polar surface area (TPSA) is 98.5 Å². The molecule has 23 heavy (non-hydrogen) atoms. The fourth-order valence-corrected chi connectivity index (χ4v) is 2.77. The van der Waals surface area contributed by atoms with Crippen LogP contribution in [0.1, 0.15) is 40.7 Å². The second-order valence-electron chi connectivity index (χ2n) is 5.19. The van der Waals surface area contributed by atoms with Crippen LogP contribution in [0, 0.1) is 0 Å². The molecule has 0 aromatic carbocycles. The maximum Gasteiger partial charge on any atom is 0.253 e. The molecule has 0 aliphatic rings. The highest BCUT2D eigenvalue weighted by Crippen LogP contribution is 2.19. The molecule has 0 bridgehead atoms. The molecule has 1 amide bonds. The van der Waals surface area contributed by atoms with Crippen LogP contribution in [0.25, 0.3) is 5.82 Å². The summed E-state index contributed by atoms with van der Waals surface area (Å²) in [6.45, 7) is 4.52. The Kier molecular flexibility index (Phi) is 4.38. The number of carbonyl (C=O) groups is 1. The summed E-state index contributed by atoms with van der Waals surface area (Å²) in [5.74, 6) is 0.751. The van der Waals surface area contributed by atoms with E-state index in [-0.39, 0.29) is 11.8 Å². The Bertz CT molecular complexity index is 780. The normalized spacial score (nSPS) is 10.9. The summed E-state index contributed by atoms with van der Waals surface area (Å²) in [7, 11) is 0. The van der Waals surface area contributed by atoms with Crippen molar-refractivity contribution in [2.24, 2.45) is 0 Å². The maximum atomic E-state index is 12.2. The van der Waals surface area contributed by atoms with Crippen molar-refractivity contribution in [3.63, 3.8) is 0 Å². The van der Waals surface area contributed by atoms with Gasteiger partial charge in [-0.15, -0.1) is 15.3 Å². The first-order valence-corrected chi connectivity index (χ1v) is 7.83. The molecule has 0 saturated heterocycles. The molecule has 8 nitrogen and oxygen atoms in total. The van der Waals surface area contributed by atoms with Crippen LogP contribution in [0.5, 0.6) is 0 Å². The molecule has 1 N–H and O–H groups in total. The van der Waals surface area contributed by atoms with Crippen LogP contribution in [-0.2, 0) is 6.54 Å². The van der Waals surface area contributed by atoms with Crippen LogP contribution in [-0.4, -0.2) is 35.2 Å². The molecule has 0 saturated carbocycles. The largest absolute Gasteiger partial charge is 0.347 e. The number of nitrogens with one attached hydrogen (secondary N) is 1. The number of aromatic nitrogens is 6. The van der Waals surface area contributed by atoms with Gasteiger partial charge in [-0.2, -0.15) is 0 Å². The van der Waals surface area contributed by atoms with Crippen molar-refractivity contribution in [2.45, 2.75) is 26.3 Å². The Morgan fingerprint density at radius 3 is 2.74 bits per heavy atom. The summed E-state index contributed by atoms with van der Waals surface area (Å²) in [6, 6.07) is 3.46. The van der Waals surface area contributed by atoms with Crippen molar-refractivity contribution >= 4 is 17.4 Å². The lowest BCUT2D eigenvalue weighted by Crippen LogP contribution is -2.23. The van der Waals surface area contributed by atoms with Crippen molar-refractivity contribution < 1.29 is 4.79 Å². The highest BCUT2D eigenvalue weighted by Gasteiger charge is 2.13. The van der Waals surface area contributed by atoms with Gasteiger partial charge in [-0.05, 0) is 29.6 Å². The number of rotatable bonds is 5. The fourth-order valence-electron chi connectivity index (χ4n) is 2.03. The van der Waals surface area contributed by atoms with Gasteiger partial charge in [0.25, 0.3) is 5.91 Å². The number of amides is 1. The van der Waals surface area contributed by atoms with Gasteiger partial charge in [-0.25, -0.2) is 4.98 Å². The van der Waals surface area contributed by atoms with Gasteiger partial charge < -0.3 is 5.32 Å². The Balaban J connectivity index is 1.65. The molecule has 0 spiro atoms.